The van der Waals surface area contributed by atoms with Crippen molar-refractivity contribution in [2.45, 2.75) is 6.92 Å². The van der Waals surface area contributed by atoms with Crippen molar-refractivity contribution in [2.75, 3.05) is 5.32 Å². The van der Waals surface area contributed by atoms with Crippen LogP contribution in [0.3, 0.4) is 0 Å². The van der Waals surface area contributed by atoms with Gasteiger partial charge in [0.15, 0.2) is 5.82 Å². The second-order valence-electron chi connectivity index (χ2n) is 3.49. The quantitative estimate of drug-likeness (QED) is 0.847. The van der Waals surface area contributed by atoms with Gasteiger partial charge in [0.05, 0.1) is 0 Å². The summed E-state index contributed by atoms with van der Waals surface area (Å²) in [5.74, 6) is -0.939. The topological polar surface area (TPSA) is 105 Å². The molecule has 2 N–H and O–H groups in total. The molecule has 2 aromatic heterocycles. The minimum absolute atomic E-state index is 0.00412. The van der Waals surface area contributed by atoms with Crippen LogP contribution in [-0.2, 0) is 0 Å². The highest BCUT2D eigenvalue weighted by Crippen LogP contribution is 2.09. The van der Waals surface area contributed by atoms with Crippen molar-refractivity contribution in [3.63, 3.8) is 0 Å². The van der Waals surface area contributed by atoms with Crippen LogP contribution < -0.4 is 5.32 Å². The molecule has 0 atom stereocenters. The zero-order valence-electron chi connectivity index (χ0n) is 9.38. The van der Waals surface area contributed by atoms with Crippen LogP contribution in [0.15, 0.2) is 28.8 Å². The van der Waals surface area contributed by atoms with Gasteiger partial charge < -0.3 is 14.9 Å². The SMILES string of the molecule is Cc1cc(NC(=O)c2cccc(C(=O)O)n2)no1. The number of nitrogens with zero attached hydrogens (tertiary/aromatic N) is 2. The summed E-state index contributed by atoms with van der Waals surface area (Å²) in [5, 5.41) is 14.8. The van der Waals surface area contributed by atoms with Crippen LogP contribution in [0.5, 0.6) is 0 Å². The first-order valence-electron chi connectivity index (χ1n) is 5.01. The molecule has 2 rings (SSSR count). The summed E-state index contributed by atoms with van der Waals surface area (Å²) in [6.45, 7) is 1.69. The van der Waals surface area contributed by atoms with Gasteiger partial charge in [-0.1, -0.05) is 11.2 Å². The van der Waals surface area contributed by atoms with Crippen LogP contribution in [-0.4, -0.2) is 27.1 Å². The summed E-state index contributed by atoms with van der Waals surface area (Å²) in [6.07, 6.45) is 0. The van der Waals surface area contributed by atoms with E-state index in [4.69, 9.17) is 9.63 Å². The summed E-state index contributed by atoms with van der Waals surface area (Å²) in [7, 11) is 0. The number of aromatic nitrogens is 2. The number of aryl methyl sites for hydroxylation is 1. The van der Waals surface area contributed by atoms with E-state index in [1.165, 1.54) is 18.2 Å². The highest BCUT2D eigenvalue weighted by molar-refractivity contribution is 6.02. The summed E-state index contributed by atoms with van der Waals surface area (Å²) >= 11 is 0. The molecule has 7 nitrogen and oxygen atoms in total. The number of amides is 1. The second-order valence-corrected chi connectivity index (χ2v) is 3.49. The number of hydrogen-bond donors (Lipinski definition) is 2. The fraction of sp³-hybridized carbons (Fsp3) is 0.0909. The van der Waals surface area contributed by atoms with Crippen LogP contribution in [0, 0.1) is 6.92 Å². The van der Waals surface area contributed by atoms with Crippen molar-refractivity contribution in [3.8, 4) is 0 Å². The van der Waals surface area contributed by atoms with Crippen molar-refractivity contribution in [1.82, 2.24) is 10.1 Å². The molecule has 0 aliphatic rings. The van der Waals surface area contributed by atoms with Crippen molar-refractivity contribution in [1.29, 1.82) is 0 Å². The predicted octanol–water partition coefficient (Wildman–Crippen LogP) is 1.33. The van der Waals surface area contributed by atoms with Gasteiger partial charge in [-0.05, 0) is 19.1 Å². The van der Waals surface area contributed by atoms with E-state index in [1.807, 2.05) is 0 Å². The van der Waals surface area contributed by atoms with Crippen LogP contribution in [0.4, 0.5) is 5.82 Å². The lowest BCUT2D eigenvalue weighted by molar-refractivity contribution is 0.0690. The van der Waals surface area contributed by atoms with E-state index in [1.54, 1.807) is 13.0 Å². The maximum absolute atomic E-state index is 11.7. The number of carbonyl (C=O) groups excluding carboxylic acids is 1. The third-order valence-corrected chi connectivity index (χ3v) is 2.07. The molecule has 2 heterocycles. The Balaban J connectivity index is 2.18. The normalized spacial score (nSPS) is 10.1. The second kappa shape index (κ2) is 4.66. The molecule has 0 aliphatic heterocycles. The van der Waals surface area contributed by atoms with Gasteiger partial charge in [-0.2, -0.15) is 0 Å². The zero-order chi connectivity index (χ0) is 13.1. The number of carboxylic acid groups (broad SMARTS) is 1. The Labute approximate surface area is 101 Å². The number of anilines is 1. The lowest BCUT2D eigenvalue weighted by Crippen LogP contribution is -2.15. The largest absolute Gasteiger partial charge is 0.477 e. The van der Waals surface area contributed by atoms with Crippen LogP contribution in [0.1, 0.15) is 26.7 Å². The number of pyridine rings is 1. The van der Waals surface area contributed by atoms with Crippen LogP contribution in [0.25, 0.3) is 0 Å². The lowest BCUT2D eigenvalue weighted by atomic mass is 10.3. The predicted molar refractivity (Wildman–Crippen MR) is 60.4 cm³/mol. The number of nitrogens with one attached hydrogen (secondary N) is 1. The Hall–Kier alpha value is -2.70. The smallest absolute Gasteiger partial charge is 0.354 e. The molecule has 0 aromatic carbocycles. The molecule has 1 amide bonds. The van der Waals surface area contributed by atoms with E-state index in [0.717, 1.165) is 0 Å². The fourth-order valence-corrected chi connectivity index (χ4v) is 1.29. The Morgan fingerprint density at radius 1 is 1.33 bits per heavy atom. The maximum Gasteiger partial charge on any atom is 0.354 e. The first kappa shape index (κ1) is 11.8. The monoisotopic (exact) mass is 247 g/mol. The van der Waals surface area contributed by atoms with Crippen molar-refractivity contribution in [2.24, 2.45) is 0 Å². The summed E-state index contributed by atoms with van der Waals surface area (Å²) in [4.78, 5) is 26.2. The lowest BCUT2D eigenvalue weighted by Gasteiger charge is -2.01. The first-order chi connectivity index (χ1) is 8.56. The molecule has 0 bridgehead atoms. The minimum Gasteiger partial charge on any atom is -0.477 e. The number of hydrogen-bond acceptors (Lipinski definition) is 5. The molecular formula is C11H9N3O4. The minimum atomic E-state index is -1.19. The third kappa shape index (κ3) is 2.51. The molecule has 0 spiro atoms. The van der Waals surface area contributed by atoms with Gasteiger partial charge in [0, 0.05) is 6.07 Å². The Morgan fingerprint density at radius 2 is 2.06 bits per heavy atom. The summed E-state index contributed by atoms with van der Waals surface area (Å²) in [6, 6.07) is 5.70. The van der Waals surface area contributed by atoms with Gasteiger partial charge in [-0.15, -0.1) is 0 Å². The van der Waals surface area contributed by atoms with Crippen molar-refractivity contribution in [3.05, 3.63) is 41.4 Å². The number of carboxylic acids is 1. The molecule has 18 heavy (non-hydrogen) atoms. The first-order valence-corrected chi connectivity index (χ1v) is 5.01. The van der Waals surface area contributed by atoms with Gasteiger partial charge in [-0.25, -0.2) is 9.78 Å². The van der Waals surface area contributed by atoms with Gasteiger partial charge in [0.2, 0.25) is 0 Å². The van der Waals surface area contributed by atoms with Crippen LogP contribution >= 0.6 is 0 Å². The number of aromatic carboxylic acids is 1. The highest BCUT2D eigenvalue weighted by Gasteiger charge is 2.12. The molecule has 0 saturated carbocycles. The summed E-state index contributed by atoms with van der Waals surface area (Å²) in [5.41, 5.74) is -0.200. The van der Waals surface area contributed by atoms with Gasteiger partial charge >= 0.3 is 5.97 Å². The molecular weight excluding hydrogens is 238 g/mol. The number of carbonyl (C=O) groups is 2. The third-order valence-electron chi connectivity index (χ3n) is 2.07. The standard InChI is InChI=1S/C11H9N3O4/c1-6-5-9(14-18-6)13-10(15)7-3-2-4-8(12-7)11(16)17/h2-5H,1H3,(H,16,17)(H,13,14,15). The van der Waals surface area contributed by atoms with Crippen LogP contribution in [0.2, 0.25) is 0 Å². The molecule has 0 unspecified atom stereocenters. The average Bonchev–Trinajstić information content (AvgIpc) is 2.75. The van der Waals surface area contributed by atoms with Gasteiger partial charge in [0.25, 0.3) is 5.91 Å². The molecule has 7 heteroatoms. The van der Waals surface area contributed by atoms with E-state index in [2.05, 4.69) is 15.5 Å². The molecule has 0 aliphatic carbocycles. The van der Waals surface area contributed by atoms with E-state index in [9.17, 15) is 9.59 Å². The maximum atomic E-state index is 11.7. The molecule has 92 valence electrons. The molecule has 0 saturated heterocycles. The molecule has 0 fully saturated rings. The summed E-state index contributed by atoms with van der Waals surface area (Å²) < 4.78 is 4.78. The highest BCUT2D eigenvalue weighted by atomic mass is 16.5. The van der Waals surface area contributed by atoms with Gasteiger partial charge in [-0.3, -0.25) is 4.79 Å². The zero-order valence-corrected chi connectivity index (χ0v) is 9.38. The number of rotatable bonds is 3. The van der Waals surface area contributed by atoms with E-state index in [-0.39, 0.29) is 17.2 Å². The van der Waals surface area contributed by atoms with Gasteiger partial charge in [0.1, 0.15) is 17.1 Å². The Morgan fingerprint density at radius 3 is 2.67 bits per heavy atom. The molecule has 0 radical (unpaired) electrons. The fourth-order valence-electron chi connectivity index (χ4n) is 1.29. The van der Waals surface area contributed by atoms with E-state index >= 15 is 0 Å². The van der Waals surface area contributed by atoms with E-state index < -0.39 is 11.9 Å². The Kier molecular flexibility index (Phi) is 3.05. The molecule has 2 aromatic rings. The average molecular weight is 247 g/mol. The van der Waals surface area contributed by atoms with Crippen molar-refractivity contribution < 1.29 is 19.2 Å². The van der Waals surface area contributed by atoms with E-state index in [0.29, 0.717) is 5.76 Å². The van der Waals surface area contributed by atoms with Crippen molar-refractivity contribution >= 4 is 17.7 Å². The Bertz CT molecular complexity index is 606.